The van der Waals surface area contributed by atoms with Crippen LogP contribution in [0.2, 0.25) is 0 Å². The first-order valence-electron chi connectivity index (χ1n) is 3.08. The van der Waals surface area contributed by atoms with Gasteiger partial charge in [-0.05, 0) is 6.92 Å². The fourth-order valence-corrected chi connectivity index (χ4v) is 0.388. The number of nitrogens with one attached hydrogen (secondary N) is 1. The highest BCUT2D eigenvalue weighted by atomic mass is 35.5. The average molecular weight is 167 g/mol. The third-order valence-electron chi connectivity index (χ3n) is 0.937. The lowest BCUT2D eigenvalue weighted by Crippen LogP contribution is -3.00. The molecule has 10 heavy (non-hydrogen) atoms. The number of halogens is 1. The summed E-state index contributed by atoms with van der Waals surface area (Å²) in [6.07, 6.45) is 0. The minimum atomic E-state index is 0. The molecule has 0 saturated carbocycles. The van der Waals surface area contributed by atoms with Crippen molar-refractivity contribution in [3.63, 3.8) is 0 Å². The molecule has 0 spiro atoms. The SMILES string of the molecule is CCNC(=O)[N+](C)(C)C.[Cl-]. The number of carbonyl (C=O) groups is 1. The maximum atomic E-state index is 10.9. The summed E-state index contributed by atoms with van der Waals surface area (Å²) in [6, 6.07) is 0.0532. The Balaban J connectivity index is 0. The van der Waals surface area contributed by atoms with Gasteiger partial charge in [-0.3, -0.25) is 0 Å². The van der Waals surface area contributed by atoms with Crippen LogP contribution in [0.25, 0.3) is 0 Å². The van der Waals surface area contributed by atoms with Gasteiger partial charge in [-0.1, -0.05) is 0 Å². The van der Waals surface area contributed by atoms with Crippen LogP contribution in [-0.2, 0) is 0 Å². The monoisotopic (exact) mass is 166 g/mol. The van der Waals surface area contributed by atoms with E-state index in [-0.39, 0.29) is 18.4 Å². The van der Waals surface area contributed by atoms with Crippen LogP contribution in [0, 0.1) is 0 Å². The molecule has 0 atom stereocenters. The van der Waals surface area contributed by atoms with Crippen LogP contribution in [0.4, 0.5) is 4.79 Å². The zero-order valence-electron chi connectivity index (χ0n) is 6.94. The van der Waals surface area contributed by atoms with Crippen molar-refractivity contribution in [3.05, 3.63) is 0 Å². The van der Waals surface area contributed by atoms with E-state index in [0.29, 0.717) is 11.0 Å². The van der Waals surface area contributed by atoms with E-state index in [4.69, 9.17) is 0 Å². The summed E-state index contributed by atoms with van der Waals surface area (Å²) in [5, 5.41) is 2.72. The van der Waals surface area contributed by atoms with Crippen LogP contribution in [0.5, 0.6) is 0 Å². The second kappa shape index (κ2) is 4.52. The lowest BCUT2D eigenvalue weighted by molar-refractivity contribution is -0.787. The summed E-state index contributed by atoms with van der Waals surface area (Å²) in [5.41, 5.74) is 0. The molecule has 0 bridgehead atoms. The molecule has 0 aromatic heterocycles. The minimum Gasteiger partial charge on any atom is -1.00 e. The van der Waals surface area contributed by atoms with Gasteiger partial charge >= 0.3 is 6.03 Å². The molecule has 0 aromatic rings. The van der Waals surface area contributed by atoms with Gasteiger partial charge in [-0.2, -0.15) is 0 Å². The Morgan fingerprint density at radius 1 is 1.40 bits per heavy atom. The number of nitrogens with zero attached hydrogens (tertiary/aromatic N) is 1. The van der Waals surface area contributed by atoms with Gasteiger partial charge < -0.3 is 17.7 Å². The van der Waals surface area contributed by atoms with Crippen molar-refractivity contribution in [2.75, 3.05) is 27.7 Å². The number of urea groups is 1. The fraction of sp³-hybridized carbons (Fsp3) is 0.833. The summed E-state index contributed by atoms with van der Waals surface area (Å²) >= 11 is 0. The molecule has 0 aliphatic carbocycles. The Morgan fingerprint density at radius 2 is 1.80 bits per heavy atom. The Bertz CT molecular complexity index is 109. The van der Waals surface area contributed by atoms with E-state index >= 15 is 0 Å². The Kier molecular flexibility index (Phi) is 5.61. The van der Waals surface area contributed by atoms with Crippen molar-refractivity contribution in [3.8, 4) is 0 Å². The van der Waals surface area contributed by atoms with Crippen LogP contribution < -0.4 is 17.7 Å². The number of quaternary nitrogens is 1. The molecule has 1 N–H and O–H groups in total. The molecule has 0 heterocycles. The molecule has 3 nitrogen and oxygen atoms in total. The first-order chi connectivity index (χ1) is 3.98. The van der Waals surface area contributed by atoms with E-state index in [1.165, 1.54) is 0 Å². The van der Waals surface area contributed by atoms with E-state index in [1.807, 2.05) is 28.1 Å². The molecule has 0 saturated heterocycles. The number of carbonyl (C=O) groups excluding carboxylic acids is 1. The van der Waals surface area contributed by atoms with E-state index < -0.39 is 0 Å². The average Bonchev–Trinajstić information content (AvgIpc) is 1.64. The molecule has 0 aromatic carbocycles. The maximum absolute atomic E-state index is 10.9. The van der Waals surface area contributed by atoms with Gasteiger partial charge in [-0.25, -0.2) is 9.28 Å². The van der Waals surface area contributed by atoms with Crippen LogP contribution >= 0.6 is 0 Å². The highest BCUT2D eigenvalue weighted by molar-refractivity contribution is 5.66. The van der Waals surface area contributed by atoms with Crippen molar-refractivity contribution in [1.29, 1.82) is 0 Å². The zero-order valence-corrected chi connectivity index (χ0v) is 7.70. The van der Waals surface area contributed by atoms with Gasteiger partial charge in [0.05, 0.1) is 21.1 Å². The van der Waals surface area contributed by atoms with Gasteiger partial charge in [0.15, 0.2) is 0 Å². The molecule has 4 heteroatoms. The first kappa shape index (κ1) is 12.4. The van der Waals surface area contributed by atoms with Crippen molar-refractivity contribution in [1.82, 2.24) is 5.32 Å². The summed E-state index contributed by atoms with van der Waals surface area (Å²) in [7, 11) is 5.51. The van der Waals surface area contributed by atoms with Crippen LogP contribution in [0.3, 0.4) is 0 Å². The summed E-state index contributed by atoms with van der Waals surface area (Å²) in [5.74, 6) is 0. The van der Waals surface area contributed by atoms with E-state index in [9.17, 15) is 4.79 Å². The summed E-state index contributed by atoms with van der Waals surface area (Å²) < 4.78 is 0.341. The fourth-order valence-electron chi connectivity index (χ4n) is 0.388. The van der Waals surface area contributed by atoms with E-state index in [2.05, 4.69) is 5.32 Å². The highest BCUT2D eigenvalue weighted by Gasteiger charge is 2.17. The number of hydrogen-bond acceptors (Lipinski definition) is 1. The molecule has 0 fully saturated rings. The molecule has 0 aliphatic rings. The molecule has 0 rings (SSSR count). The predicted molar refractivity (Wildman–Crippen MR) is 37.1 cm³/mol. The summed E-state index contributed by atoms with van der Waals surface area (Å²) in [4.78, 5) is 10.9. The van der Waals surface area contributed by atoms with Gasteiger partial charge in [0.2, 0.25) is 0 Å². The zero-order chi connectivity index (χ0) is 7.49. The maximum Gasteiger partial charge on any atom is 0.415 e. The number of amides is 2. The van der Waals surface area contributed by atoms with Crippen LogP contribution in [-0.4, -0.2) is 38.2 Å². The van der Waals surface area contributed by atoms with E-state index in [0.717, 1.165) is 0 Å². The van der Waals surface area contributed by atoms with Crippen LogP contribution in [0.1, 0.15) is 6.92 Å². The summed E-state index contributed by atoms with van der Waals surface area (Å²) in [6.45, 7) is 2.61. The Hall–Kier alpha value is -0.280. The van der Waals surface area contributed by atoms with Crippen molar-refractivity contribution in [2.24, 2.45) is 0 Å². The van der Waals surface area contributed by atoms with Crippen molar-refractivity contribution in [2.45, 2.75) is 6.92 Å². The number of hydrogen-bond donors (Lipinski definition) is 1. The predicted octanol–water partition coefficient (Wildman–Crippen LogP) is -2.57. The molecular formula is C6H15ClN2O. The highest BCUT2D eigenvalue weighted by Crippen LogP contribution is 1.88. The Morgan fingerprint density at radius 3 is 1.90 bits per heavy atom. The number of rotatable bonds is 1. The first-order valence-corrected chi connectivity index (χ1v) is 3.08. The molecule has 0 aliphatic heterocycles. The van der Waals surface area contributed by atoms with Crippen molar-refractivity contribution >= 4 is 6.03 Å². The van der Waals surface area contributed by atoms with E-state index in [1.54, 1.807) is 0 Å². The molecule has 0 radical (unpaired) electrons. The Labute approximate surface area is 68.4 Å². The minimum absolute atomic E-state index is 0. The standard InChI is InChI=1S/C6H14N2O.ClH/c1-5-7-6(9)8(2,3)4;/h5H2,1-4H3;1H. The quantitative estimate of drug-likeness (QED) is 0.427. The smallest absolute Gasteiger partial charge is 0.415 e. The van der Waals surface area contributed by atoms with Gasteiger partial charge in [0.1, 0.15) is 0 Å². The topological polar surface area (TPSA) is 29.1 Å². The second-order valence-electron chi connectivity index (χ2n) is 2.85. The third-order valence-corrected chi connectivity index (χ3v) is 0.937. The molecular weight excluding hydrogens is 152 g/mol. The lowest BCUT2D eigenvalue weighted by Gasteiger charge is -2.19. The third kappa shape index (κ3) is 4.58. The van der Waals surface area contributed by atoms with Crippen LogP contribution in [0.15, 0.2) is 0 Å². The lowest BCUT2D eigenvalue weighted by atomic mass is 10.6. The molecule has 62 valence electrons. The molecule has 0 unspecified atom stereocenters. The second-order valence-corrected chi connectivity index (χ2v) is 2.85. The molecule has 2 amide bonds. The normalized spacial score (nSPS) is 10.0. The van der Waals surface area contributed by atoms with Gasteiger partial charge in [-0.15, -0.1) is 0 Å². The van der Waals surface area contributed by atoms with Crippen molar-refractivity contribution < 1.29 is 21.7 Å². The van der Waals surface area contributed by atoms with Gasteiger partial charge in [0.25, 0.3) is 0 Å². The largest absolute Gasteiger partial charge is 1.00 e. The van der Waals surface area contributed by atoms with Gasteiger partial charge in [0, 0.05) is 6.54 Å².